The van der Waals surface area contributed by atoms with Gasteiger partial charge in [-0.1, -0.05) is 19.3 Å². The van der Waals surface area contributed by atoms with Gasteiger partial charge in [0.1, 0.15) is 0 Å². The van der Waals surface area contributed by atoms with Crippen LogP contribution in [0.4, 0.5) is 0 Å². The van der Waals surface area contributed by atoms with Crippen LogP contribution in [0.1, 0.15) is 45.4 Å². The molecule has 0 aromatic heterocycles. The maximum atomic E-state index is 11.8. The number of hydrogen-bond donors (Lipinski definition) is 2. The first-order valence-corrected chi connectivity index (χ1v) is 6.62. The lowest BCUT2D eigenvalue weighted by molar-refractivity contribution is -0.140. The normalized spacial score (nSPS) is 30.6. The van der Waals surface area contributed by atoms with E-state index in [1.54, 1.807) is 0 Å². The smallest absolute Gasteiger partial charge is 0.307 e. The van der Waals surface area contributed by atoms with Gasteiger partial charge in [-0.3, -0.25) is 9.59 Å². The second kappa shape index (κ2) is 5.07. The number of carboxylic acid groups (broad SMARTS) is 1. The zero-order valence-electron chi connectivity index (χ0n) is 10.3. The Balaban J connectivity index is 1.76. The molecule has 0 saturated heterocycles. The van der Waals surface area contributed by atoms with E-state index in [9.17, 15) is 9.59 Å². The quantitative estimate of drug-likeness (QED) is 0.786. The topological polar surface area (TPSA) is 66.4 Å². The summed E-state index contributed by atoms with van der Waals surface area (Å²) in [6, 6.07) is 0.192. The minimum absolute atomic E-state index is 0.0597. The van der Waals surface area contributed by atoms with E-state index in [0.717, 1.165) is 0 Å². The predicted octanol–water partition coefficient (Wildman–Crippen LogP) is 1.79. The van der Waals surface area contributed by atoms with Crippen molar-refractivity contribution in [3.8, 4) is 0 Å². The van der Waals surface area contributed by atoms with Crippen LogP contribution in [0.5, 0.6) is 0 Å². The van der Waals surface area contributed by atoms with Crippen molar-refractivity contribution in [2.75, 3.05) is 0 Å². The van der Waals surface area contributed by atoms with E-state index in [4.69, 9.17) is 5.11 Å². The fourth-order valence-corrected chi connectivity index (χ4v) is 2.84. The molecule has 96 valence electrons. The van der Waals surface area contributed by atoms with Crippen molar-refractivity contribution in [2.24, 2.45) is 17.8 Å². The van der Waals surface area contributed by atoms with Crippen molar-refractivity contribution in [3.05, 3.63) is 0 Å². The van der Waals surface area contributed by atoms with Gasteiger partial charge < -0.3 is 10.4 Å². The molecule has 0 heterocycles. The van der Waals surface area contributed by atoms with Gasteiger partial charge in [0, 0.05) is 6.04 Å². The molecule has 0 bridgehead atoms. The SMILES string of the molecule is C[C@H](NC(=O)[C@@H]1C[C@@H]1C(=O)O)C1CCCCC1. The van der Waals surface area contributed by atoms with E-state index in [1.807, 2.05) is 6.92 Å². The average molecular weight is 239 g/mol. The first-order chi connectivity index (χ1) is 8.09. The molecule has 0 radical (unpaired) electrons. The summed E-state index contributed by atoms with van der Waals surface area (Å²) < 4.78 is 0. The van der Waals surface area contributed by atoms with Crippen LogP contribution < -0.4 is 5.32 Å². The highest BCUT2D eigenvalue weighted by atomic mass is 16.4. The van der Waals surface area contributed by atoms with E-state index in [2.05, 4.69) is 5.32 Å². The molecule has 0 aromatic rings. The summed E-state index contributed by atoms with van der Waals surface area (Å²) in [4.78, 5) is 22.5. The zero-order valence-corrected chi connectivity index (χ0v) is 10.3. The van der Waals surface area contributed by atoms with Gasteiger partial charge in [-0.2, -0.15) is 0 Å². The monoisotopic (exact) mass is 239 g/mol. The summed E-state index contributed by atoms with van der Waals surface area (Å²) in [6.07, 6.45) is 6.71. The molecule has 0 aromatic carbocycles. The van der Waals surface area contributed by atoms with Crippen molar-refractivity contribution in [1.82, 2.24) is 5.32 Å². The lowest BCUT2D eigenvalue weighted by atomic mass is 9.84. The number of carbonyl (C=O) groups excluding carboxylic acids is 1. The summed E-state index contributed by atoms with van der Waals surface area (Å²) in [6.45, 7) is 2.05. The number of nitrogens with one attached hydrogen (secondary N) is 1. The standard InChI is InChI=1S/C13H21NO3/c1-8(9-5-3-2-4-6-9)14-12(15)10-7-11(10)13(16)17/h8-11H,2-7H2,1H3,(H,14,15)(H,16,17)/t8-,10+,11-/m0/s1. The molecule has 2 N–H and O–H groups in total. The molecule has 2 saturated carbocycles. The number of carbonyl (C=O) groups is 2. The van der Waals surface area contributed by atoms with Crippen molar-refractivity contribution < 1.29 is 14.7 Å². The summed E-state index contributed by atoms with van der Waals surface area (Å²) in [5, 5.41) is 11.8. The first kappa shape index (κ1) is 12.4. The minimum atomic E-state index is -0.838. The summed E-state index contributed by atoms with van der Waals surface area (Å²) >= 11 is 0. The van der Waals surface area contributed by atoms with Crippen LogP contribution in [-0.2, 0) is 9.59 Å². The Morgan fingerprint density at radius 2 is 1.82 bits per heavy atom. The zero-order chi connectivity index (χ0) is 12.4. The number of rotatable bonds is 4. The van der Waals surface area contributed by atoms with Crippen LogP contribution in [0, 0.1) is 17.8 Å². The van der Waals surface area contributed by atoms with E-state index in [1.165, 1.54) is 32.1 Å². The molecule has 4 heteroatoms. The summed E-state index contributed by atoms with van der Waals surface area (Å²) in [7, 11) is 0. The lowest BCUT2D eigenvalue weighted by Crippen LogP contribution is -2.40. The molecule has 2 fully saturated rings. The van der Waals surface area contributed by atoms with Gasteiger partial charge in [0.25, 0.3) is 0 Å². The molecule has 17 heavy (non-hydrogen) atoms. The van der Waals surface area contributed by atoms with E-state index in [-0.39, 0.29) is 17.9 Å². The van der Waals surface area contributed by atoms with Gasteiger partial charge in [0.2, 0.25) is 5.91 Å². The minimum Gasteiger partial charge on any atom is -0.481 e. The van der Waals surface area contributed by atoms with Crippen LogP contribution >= 0.6 is 0 Å². The molecule has 4 nitrogen and oxygen atoms in total. The Hall–Kier alpha value is -1.06. The molecule has 0 aliphatic heterocycles. The fourth-order valence-electron chi connectivity index (χ4n) is 2.84. The van der Waals surface area contributed by atoms with Crippen LogP contribution in [0.2, 0.25) is 0 Å². The van der Waals surface area contributed by atoms with Crippen molar-refractivity contribution >= 4 is 11.9 Å². The van der Waals surface area contributed by atoms with Crippen LogP contribution in [0.25, 0.3) is 0 Å². The van der Waals surface area contributed by atoms with Crippen LogP contribution in [-0.4, -0.2) is 23.0 Å². The second-order valence-electron chi connectivity index (χ2n) is 5.48. The molecular formula is C13H21NO3. The number of amides is 1. The van der Waals surface area contributed by atoms with E-state index < -0.39 is 11.9 Å². The maximum Gasteiger partial charge on any atom is 0.307 e. The average Bonchev–Trinajstić information content (AvgIpc) is 3.10. The van der Waals surface area contributed by atoms with Gasteiger partial charge in [-0.05, 0) is 32.1 Å². The predicted molar refractivity (Wildman–Crippen MR) is 63.4 cm³/mol. The lowest BCUT2D eigenvalue weighted by Gasteiger charge is -2.28. The van der Waals surface area contributed by atoms with Crippen molar-refractivity contribution in [3.63, 3.8) is 0 Å². The summed E-state index contributed by atoms with van der Waals surface area (Å²) in [5.41, 5.74) is 0. The highest BCUT2D eigenvalue weighted by Gasteiger charge is 2.48. The molecule has 0 spiro atoms. The van der Waals surface area contributed by atoms with Gasteiger partial charge in [0.15, 0.2) is 0 Å². The molecule has 2 aliphatic carbocycles. The third kappa shape index (κ3) is 2.99. The van der Waals surface area contributed by atoms with Crippen LogP contribution in [0.15, 0.2) is 0 Å². The Morgan fingerprint density at radius 1 is 1.18 bits per heavy atom. The van der Waals surface area contributed by atoms with E-state index >= 15 is 0 Å². The first-order valence-electron chi connectivity index (χ1n) is 6.62. The third-order valence-corrected chi connectivity index (χ3v) is 4.17. The number of hydrogen-bond acceptors (Lipinski definition) is 2. The highest BCUT2D eigenvalue weighted by molar-refractivity contribution is 5.89. The second-order valence-corrected chi connectivity index (χ2v) is 5.48. The number of aliphatic carboxylic acids is 1. The van der Waals surface area contributed by atoms with Gasteiger partial charge in [-0.15, -0.1) is 0 Å². The third-order valence-electron chi connectivity index (χ3n) is 4.17. The van der Waals surface area contributed by atoms with Gasteiger partial charge >= 0.3 is 5.97 Å². The maximum absolute atomic E-state index is 11.8. The number of carboxylic acids is 1. The largest absolute Gasteiger partial charge is 0.481 e. The molecule has 2 rings (SSSR count). The molecule has 2 aliphatic rings. The molecular weight excluding hydrogens is 218 g/mol. The van der Waals surface area contributed by atoms with E-state index in [0.29, 0.717) is 12.3 Å². The summed E-state index contributed by atoms with van der Waals surface area (Å²) in [5.74, 6) is -1.03. The van der Waals surface area contributed by atoms with Crippen molar-refractivity contribution in [2.45, 2.75) is 51.5 Å². The van der Waals surface area contributed by atoms with Gasteiger partial charge in [-0.25, -0.2) is 0 Å². The molecule has 1 amide bonds. The van der Waals surface area contributed by atoms with Crippen molar-refractivity contribution in [1.29, 1.82) is 0 Å². The molecule has 0 unspecified atom stereocenters. The fraction of sp³-hybridized carbons (Fsp3) is 0.846. The Morgan fingerprint density at radius 3 is 2.35 bits per heavy atom. The Kier molecular flexibility index (Phi) is 3.69. The Bertz CT molecular complexity index is 310. The van der Waals surface area contributed by atoms with Crippen LogP contribution in [0.3, 0.4) is 0 Å². The van der Waals surface area contributed by atoms with Gasteiger partial charge in [0.05, 0.1) is 11.8 Å². The highest BCUT2D eigenvalue weighted by Crippen LogP contribution is 2.39. The Labute approximate surface area is 102 Å². The molecule has 3 atom stereocenters.